The molecule has 3 aliphatic carbocycles. The van der Waals surface area contributed by atoms with Crippen molar-refractivity contribution in [2.75, 3.05) is 4.90 Å². The molecule has 5 unspecified atom stereocenters. The number of hydrogen-bond acceptors (Lipinski definition) is 1. The first-order valence-electron chi connectivity index (χ1n) is 24.2. The van der Waals surface area contributed by atoms with Gasteiger partial charge in [0.25, 0.3) is 0 Å². The molecule has 0 saturated heterocycles. The van der Waals surface area contributed by atoms with Gasteiger partial charge in [0, 0.05) is 22.5 Å². The minimum atomic E-state index is 0.00146. The third kappa shape index (κ3) is 6.83. The maximum atomic E-state index is 2.59. The van der Waals surface area contributed by atoms with E-state index in [1.54, 1.807) is 11.1 Å². The van der Waals surface area contributed by atoms with E-state index in [1.807, 2.05) is 0 Å². The molecular formula is C65H55N. The van der Waals surface area contributed by atoms with E-state index in [4.69, 9.17) is 0 Å². The number of hydrogen-bond donors (Lipinski definition) is 0. The van der Waals surface area contributed by atoms with E-state index in [1.165, 1.54) is 92.4 Å². The molecule has 2 fully saturated rings. The first-order valence-corrected chi connectivity index (χ1v) is 24.2. The Labute approximate surface area is 391 Å². The Bertz CT molecular complexity index is 3160. The maximum Gasteiger partial charge on any atom is 0.0467 e. The molecule has 0 heterocycles. The third-order valence-corrected chi connectivity index (χ3v) is 15.6. The molecule has 1 nitrogen and oxygen atoms in total. The number of rotatable bonds is 8. The van der Waals surface area contributed by atoms with Gasteiger partial charge in [-0.1, -0.05) is 202 Å². The first-order chi connectivity index (χ1) is 32.5. The van der Waals surface area contributed by atoms with Crippen LogP contribution in [-0.2, 0) is 5.41 Å². The van der Waals surface area contributed by atoms with Gasteiger partial charge in [0.1, 0.15) is 0 Å². The highest BCUT2D eigenvalue weighted by Gasteiger charge is 2.57. The van der Waals surface area contributed by atoms with Crippen LogP contribution in [0.2, 0.25) is 0 Å². The molecule has 1 spiro atoms. The average Bonchev–Trinajstić information content (AvgIpc) is 3.68. The van der Waals surface area contributed by atoms with E-state index < -0.39 is 0 Å². The highest BCUT2D eigenvalue weighted by Crippen LogP contribution is 2.66. The molecular weight excluding hydrogens is 795 g/mol. The van der Waals surface area contributed by atoms with Gasteiger partial charge in [0.05, 0.1) is 0 Å². The lowest BCUT2D eigenvalue weighted by Gasteiger charge is -2.55. The second-order valence-electron chi connectivity index (χ2n) is 19.5. The van der Waals surface area contributed by atoms with E-state index in [0.717, 1.165) is 28.9 Å². The average molecular weight is 850 g/mol. The minimum Gasteiger partial charge on any atom is -0.310 e. The maximum absolute atomic E-state index is 2.59. The van der Waals surface area contributed by atoms with Gasteiger partial charge in [-0.05, 0) is 164 Å². The first kappa shape index (κ1) is 40.3. The van der Waals surface area contributed by atoms with Crippen LogP contribution in [-0.4, -0.2) is 0 Å². The number of benzene rings is 9. The van der Waals surface area contributed by atoms with Crippen molar-refractivity contribution in [1.29, 1.82) is 0 Å². The highest BCUT2D eigenvalue weighted by atomic mass is 15.1. The van der Waals surface area contributed by atoms with Gasteiger partial charge in [-0.15, -0.1) is 0 Å². The second-order valence-corrected chi connectivity index (χ2v) is 19.5. The molecule has 9 aromatic carbocycles. The van der Waals surface area contributed by atoms with E-state index in [-0.39, 0.29) is 5.41 Å². The molecule has 2 bridgehead atoms. The van der Waals surface area contributed by atoms with E-state index in [9.17, 15) is 0 Å². The predicted octanol–water partition coefficient (Wildman–Crippen LogP) is 17.9. The molecule has 66 heavy (non-hydrogen) atoms. The van der Waals surface area contributed by atoms with Gasteiger partial charge in [-0.2, -0.15) is 0 Å². The second kappa shape index (κ2) is 16.6. The van der Waals surface area contributed by atoms with E-state index in [2.05, 4.69) is 243 Å². The Morgan fingerprint density at radius 3 is 1.41 bits per heavy atom. The molecule has 0 aliphatic heterocycles. The lowest BCUT2D eigenvalue weighted by atomic mass is 9.49. The van der Waals surface area contributed by atoms with Crippen LogP contribution in [0.15, 0.2) is 224 Å². The summed E-state index contributed by atoms with van der Waals surface area (Å²) in [7, 11) is 0. The summed E-state index contributed by atoms with van der Waals surface area (Å²) >= 11 is 0. The summed E-state index contributed by atoms with van der Waals surface area (Å²) in [5.41, 5.74) is 21.9. The van der Waals surface area contributed by atoms with Crippen LogP contribution in [0.4, 0.5) is 17.1 Å². The normalized spacial score (nSPS) is 20.4. The SMILES string of the molecule is CC1CC2CC(C)C3(c4ccccc4-c4cccc(-c5ccccc5-c5cccc(N(c6ccc(-c7ccccc7)cc6)c6ccc(-c7ccc(-c8ccccc8)cc7)cc6)c5)c43)C(C1)C2. The summed E-state index contributed by atoms with van der Waals surface area (Å²) < 4.78 is 0. The van der Waals surface area contributed by atoms with Gasteiger partial charge in [0.2, 0.25) is 0 Å². The Morgan fingerprint density at radius 1 is 0.348 bits per heavy atom. The molecule has 320 valence electrons. The fraction of sp³-hybridized carbons (Fsp3) is 0.169. The summed E-state index contributed by atoms with van der Waals surface area (Å²) in [5, 5.41) is 0. The van der Waals surface area contributed by atoms with Crippen molar-refractivity contribution in [2.45, 2.75) is 44.9 Å². The highest BCUT2D eigenvalue weighted by molar-refractivity contribution is 5.94. The zero-order chi connectivity index (χ0) is 44.2. The largest absolute Gasteiger partial charge is 0.310 e. The van der Waals surface area contributed by atoms with Crippen LogP contribution in [0.25, 0.3) is 66.8 Å². The number of fused-ring (bicyclic) bond motifs is 8. The summed E-state index contributed by atoms with van der Waals surface area (Å²) in [6, 6.07) is 83.4. The molecule has 0 radical (unpaired) electrons. The van der Waals surface area contributed by atoms with Gasteiger partial charge < -0.3 is 4.90 Å². The summed E-state index contributed by atoms with van der Waals surface area (Å²) in [5.74, 6) is 2.79. The molecule has 0 N–H and O–H groups in total. The lowest BCUT2D eigenvalue weighted by molar-refractivity contribution is 0.0429. The van der Waals surface area contributed by atoms with Crippen molar-refractivity contribution >= 4 is 17.1 Å². The van der Waals surface area contributed by atoms with Crippen LogP contribution in [0.3, 0.4) is 0 Å². The molecule has 3 aliphatic rings. The summed E-state index contributed by atoms with van der Waals surface area (Å²) in [6.45, 7) is 5.10. The van der Waals surface area contributed by atoms with E-state index >= 15 is 0 Å². The molecule has 0 aromatic heterocycles. The summed E-state index contributed by atoms with van der Waals surface area (Å²) in [6.07, 6.45) is 5.32. The van der Waals surface area contributed by atoms with Gasteiger partial charge >= 0.3 is 0 Å². The zero-order valence-electron chi connectivity index (χ0n) is 37.9. The van der Waals surface area contributed by atoms with Gasteiger partial charge in [-0.3, -0.25) is 0 Å². The quantitative estimate of drug-likeness (QED) is 0.147. The fourth-order valence-corrected chi connectivity index (χ4v) is 12.9. The van der Waals surface area contributed by atoms with Crippen molar-refractivity contribution in [3.05, 3.63) is 236 Å². The summed E-state index contributed by atoms with van der Waals surface area (Å²) in [4.78, 5) is 2.42. The molecule has 9 aromatic rings. The van der Waals surface area contributed by atoms with E-state index in [0.29, 0.717) is 11.8 Å². The standard InChI is InChI=1S/C65H55N/c1-44-39-46-41-45(2)65(54(40-44)42-46)63-26-12-11-23-60(63)62-25-14-24-61(64(62)65)59-22-10-9-21-58(59)53-19-13-20-57(43-53)66(55-35-31-51(32-36-55)48-17-7-4-8-18-48)56-37-33-52(34-38-56)50-29-27-49(28-30-50)47-15-5-3-6-16-47/h3-38,43-46,54H,39-42H2,1-2H3. The smallest absolute Gasteiger partial charge is 0.0467 e. The van der Waals surface area contributed by atoms with Crippen molar-refractivity contribution in [3.8, 4) is 66.8 Å². The van der Waals surface area contributed by atoms with Gasteiger partial charge in [-0.25, -0.2) is 0 Å². The van der Waals surface area contributed by atoms with Crippen LogP contribution in [0, 0.1) is 23.7 Å². The molecule has 5 atom stereocenters. The Morgan fingerprint density at radius 2 is 0.803 bits per heavy atom. The third-order valence-electron chi connectivity index (χ3n) is 15.6. The molecule has 12 rings (SSSR count). The van der Waals surface area contributed by atoms with Gasteiger partial charge in [0.15, 0.2) is 0 Å². The monoisotopic (exact) mass is 849 g/mol. The Kier molecular flexibility index (Phi) is 10.2. The fourth-order valence-electron chi connectivity index (χ4n) is 12.9. The Hall–Kier alpha value is -7.22. The topological polar surface area (TPSA) is 3.24 Å². The predicted molar refractivity (Wildman–Crippen MR) is 278 cm³/mol. The van der Waals surface area contributed by atoms with Crippen molar-refractivity contribution in [1.82, 2.24) is 0 Å². The number of anilines is 3. The molecule has 2 saturated carbocycles. The van der Waals surface area contributed by atoms with Crippen molar-refractivity contribution in [3.63, 3.8) is 0 Å². The number of nitrogens with zero attached hydrogens (tertiary/aromatic N) is 1. The van der Waals surface area contributed by atoms with Crippen LogP contribution >= 0.6 is 0 Å². The van der Waals surface area contributed by atoms with Crippen LogP contribution in [0.1, 0.15) is 50.7 Å². The molecule has 0 amide bonds. The molecule has 1 heteroatoms. The lowest BCUT2D eigenvalue weighted by Crippen LogP contribution is -2.49. The van der Waals surface area contributed by atoms with Crippen LogP contribution in [0.5, 0.6) is 0 Å². The van der Waals surface area contributed by atoms with Crippen molar-refractivity contribution < 1.29 is 0 Å². The Balaban J connectivity index is 0.960. The van der Waals surface area contributed by atoms with Crippen molar-refractivity contribution in [2.24, 2.45) is 23.7 Å². The minimum absolute atomic E-state index is 0.00146. The van der Waals surface area contributed by atoms with Crippen LogP contribution < -0.4 is 4.90 Å². The zero-order valence-corrected chi connectivity index (χ0v) is 37.9.